The fourth-order valence-electron chi connectivity index (χ4n) is 2.72. The molecule has 4 rings (SSSR count). The third-order valence-corrected chi connectivity index (χ3v) is 4.89. The maximum Gasteiger partial charge on any atom is 0.162 e. The lowest BCUT2D eigenvalue weighted by Crippen LogP contribution is -2.22. The second-order valence-corrected chi connectivity index (χ2v) is 6.32. The van der Waals surface area contributed by atoms with Crippen LogP contribution in [0.1, 0.15) is 12.0 Å². The van der Waals surface area contributed by atoms with Crippen molar-refractivity contribution in [1.29, 1.82) is 0 Å². The molecule has 6 heteroatoms. The maximum absolute atomic E-state index is 5.62. The maximum atomic E-state index is 5.62. The minimum Gasteiger partial charge on any atom is -0.365 e. The number of terminal acetylenes is 1. The lowest BCUT2D eigenvalue weighted by molar-refractivity contribution is 0.789. The first-order valence-electron chi connectivity index (χ1n) is 7.48. The standard InChI is InChI=1S/C17H15N5S/c1-2-11-10-23-15-14(11)21-16(12-3-6-18-7-4-12)22-17(15)20-13-5-8-19-9-13/h1,3-4,6-7,10,13,19H,5,8-9H2,(H,20,21,22). The van der Waals surface area contributed by atoms with E-state index in [0.717, 1.165) is 46.7 Å². The second kappa shape index (κ2) is 5.95. The zero-order chi connectivity index (χ0) is 15.6. The van der Waals surface area contributed by atoms with E-state index in [-0.39, 0.29) is 0 Å². The molecule has 0 amide bonds. The lowest BCUT2D eigenvalue weighted by Gasteiger charge is -2.13. The highest BCUT2D eigenvalue weighted by Crippen LogP contribution is 2.32. The minimum atomic E-state index is 0.384. The van der Waals surface area contributed by atoms with Crippen LogP contribution < -0.4 is 10.6 Å². The van der Waals surface area contributed by atoms with E-state index in [1.807, 2.05) is 17.5 Å². The fourth-order valence-corrected chi connectivity index (χ4v) is 3.62. The number of nitrogens with one attached hydrogen (secondary N) is 2. The molecule has 0 aromatic carbocycles. The van der Waals surface area contributed by atoms with Gasteiger partial charge in [0.2, 0.25) is 0 Å². The molecule has 1 atom stereocenters. The predicted molar refractivity (Wildman–Crippen MR) is 93.5 cm³/mol. The van der Waals surface area contributed by atoms with Gasteiger partial charge in [-0.05, 0) is 25.1 Å². The molecule has 0 spiro atoms. The van der Waals surface area contributed by atoms with Crippen LogP contribution in [-0.4, -0.2) is 34.1 Å². The predicted octanol–water partition coefficient (Wildman–Crippen LogP) is 2.51. The van der Waals surface area contributed by atoms with Gasteiger partial charge in [0.1, 0.15) is 11.3 Å². The lowest BCUT2D eigenvalue weighted by atomic mass is 10.2. The number of fused-ring (bicyclic) bond motifs is 1. The summed E-state index contributed by atoms with van der Waals surface area (Å²) in [6.45, 7) is 1.98. The Bertz CT molecular complexity index is 875. The molecule has 3 aromatic rings. The van der Waals surface area contributed by atoms with E-state index in [9.17, 15) is 0 Å². The van der Waals surface area contributed by atoms with Crippen molar-refractivity contribution in [2.75, 3.05) is 18.4 Å². The molecule has 0 saturated carbocycles. The van der Waals surface area contributed by atoms with Crippen molar-refractivity contribution in [3.63, 3.8) is 0 Å². The molecule has 3 aromatic heterocycles. The highest BCUT2D eigenvalue weighted by molar-refractivity contribution is 7.18. The molecule has 2 N–H and O–H groups in total. The summed E-state index contributed by atoms with van der Waals surface area (Å²) in [7, 11) is 0. The van der Waals surface area contributed by atoms with Gasteiger partial charge in [-0.3, -0.25) is 4.98 Å². The smallest absolute Gasteiger partial charge is 0.162 e. The largest absolute Gasteiger partial charge is 0.365 e. The third kappa shape index (κ3) is 2.65. The monoisotopic (exact) mass is 321 g/mol. The van der Waals surface area contributed by atoms with Gasteiger partial charge in [-0.1, -0.05) is 5.92 Å². The number of hydrogen-bond acceptors (Lipinski definition) is 6. The number of nitrogens with zero attached hydrogens (tertiary/aromatic N) is 3. The SMILES string of the molecule is C#Cc1csc2c(NC3CCNC3)nc(-c3ccncc3)nc12. The molecule has 0 radical (unpaired) electrons. The van der Waals surface area contributed by atoms with Crippen LogP contribution in [-0.2, 0) is 0 Å². The van der Waals surface area contributed by atoms with E-state index in [4.69, 9.17) is 11.4 Å². The van der Waals surface area contributed by atoms with Crippen LogP contribution in [0.5, 0.6) is 0 Å². The van der Waals surface area contributed by atoms with Crippen molar-refractivity contribution < 1.29 is 0 Å². The minimum absolute atomic E-state index is 0.384. The van der Waals surface area contributed by atoms with Gasteiger partial charge >= 0.3 is 0 Å². The van der Waals surface area contributed by atoms with Gasteiger partial charge in [-0.25, -0.2) is 9.97 Å². The second-order valence-electron chi connectivity index (χ2n) is 5.44. The number of anilines is 1. The summed E-state index contributed by atoms with van der Waals surface area (Å²) in [5, 5.41) is 8.87. The molecule has 23 heavy (non-hydrogen) atoms. The first-order valence-corrected chi connectivity index (χ1v) is 8.36. The zero-order valence-electron chi connectivity index (χ0n) is 12.4. The number of rotatable bonds is 3. The molecule has 5 nitrogen and oxygen atoms in total. The van der Waals surface area contributed by atoms with Crippen LogP contribution in [0.15, 0.2) is 29.9 Å². The van der Waals surface area contributed by atoms with Crippen LogP contribution >= 0.6 is 11.3 Å². The first-order chi connectivity index (χ1) is 11.3. The van der Waals surface area contributed by atoms with Crippen LogP contribution in [0.2, 0.25) is 0 Å². The molecule has 4 heterocycles. The van der Waals surface area contributed by atoms with Crippen LogP contribution in [0, 0.1) is 12.3 Å². The summed E-state index contributed by atoms with van der Waals surface area (Å²) in [6.07, 6.45) is 10.2. The van der Waals surface area contributed by atoms with Crippen molar-refractivity contribution in [3.8, 4) is 23.7 Å². The van der Waals surface area contributed by atoms with Gasteiger partial charge in [-0.2, -0.15) is 0 Å². The molecule has 1 unspecified atom stereocenters. The van der Waals surface area contributed by atoms with Gasteiger partial charge in [-0.15, -0.1) is 17.8 Å². The Morgan fingerprint density at radius 2 is 2.17 bits per heavy atom. The van der Waals surface area contributed by atoms with Gasteiger partial charge in [0.25, 0.3) is 0 Å². The molecule has 1 saturated heterocycles. The number of aromatic nitrogens is 3. The number of hydrogen-bond donors (Lipinski definition) is 2. The highest BCUT2D eigenvalue weighted by atomic mass is 32.1. The highest BCUT2D eigenvalue weighted by Gasteiger charge is 2.19. The van der Waals surface area contributed by atoms with E-state index in [2.05, 4.69) is 26.5 Å². The fraction of sp³-hybridized carbons (Fsp3) is 0.235. The summed E-state index contributed by atoms with van der Waals surface area (Å²) < 4.78 is 1.02. The first kappa shape index (κ1) is 14.1. The summed E-state index contributed by atoms with van der Waals surface area (Å²) in [6, 6.07) is 4.20. The van der Waals surface area contributed by atoms with Crippen molar-refractivity contribution >= 4 is 27.4 Å². The Balaban J connectivity index is 1.85. The zero-order valence-corrected chi connectivity index (χ0v) is 13.2. The number of pyridine rings is 1. The molecular formula is C17H15N5S. The van der Waals surface area contributed by atoms with Crippen LogP contribution in [0.25, 0.3) is 21.6 Å². The van der Waals surface area contributed by atoms with Gasteiger partial charge < -0.3 is 10.6 Å². The molecule has 1 aliphatic rings. The average Bonchev–Trinajstić information content (AvgIpc) is 3.24. The van der Waals surface area contributed by atoms with Crippen molar-refractivity contribution in [1.82, 2.24) is 20.3 Å². The molecule has 1 fully saturated rings. The quantitative estimate of drug-likeness (QED) is 0.726. The Labute approximate surface area is 138 Å². The Hall–Kier alpha value is -2.49. The molecule has 0 bridgehead atoms. The Morgan fingerprint density at radius 3 is 2.91 bits per heavy atom. The van der Waals surface area contributed by atoms with E-state index in [1.54, 1.807) is 23.7 Å². The molecular weight excluding hydrogens is 306 g/mol. The van der Waals surface area contributed by atoms with Crippen molar-refractivity contribution in [2.45, 2.75) is 12.5 Å². The van der Waals surface area contributed by atoms with Crippen LogP contribution in [0.4, 0.5) is 5.82 Å². The topological polar surface area (TPSA) is 62.7 Å². The molecule has 0 aliphatic carbocycles. The average molecular weight is 321 g/mol. The van der Waals surface area contributed by atoms with E-state index in [0.29, 0.717) is 11.9 Å². The van der Waals surface area contributed by atoms with Gasteiger partial charge in [0, 0.05) is 35.9 Å². The summed E-state index contributed by atoms with van der Waals surface area (Å²) in [5.74, 6) is 4.25. The van der Waals surface area contributed by atoms with Crippen molar-refractivity contribution in [3.05, 3.63) is 35.5 Å². The summed E-state index contributed by atoms with van der Waals surface area (Å²) in [5.41, 5.74) is 2.59. The summed E-state index contributed by atoms with van der Waals surface area (Å²) in [4.78, 5) is 13.5. The van der Waals surface area contributed by atoms with E-state index < -0.39 is 0 Å². The van der Waals surface area contributed by atoms with Crippen LogP contribution in [0.3, 0.4) is 0 Å². The van der Waals surface area contributed by atoms with Crippen molar-refractivity contribution in [2.24, 2.45) is 0 Å². The number of thiophene rings is 1. The summed E-state index contributed by atoms with van der Waals surface area (Å²) >= 11 is 1.59. The third-order valence-electron chi connectivity index (χ3n) is 3.91. The molecule has 114 valence electrons. The Morgan fingerprint density at radius 1 is 1.30 bits per heavy atom. The molecule has 1 aliphatic heterocycles. The Kier molecular flexibility index (Phi) is 3.66. The van der Waals surface area contributed by atoms with E-state index >= 15 is 0 Å². The van der Waals surface area contributed by atoms with Gasteiger partial charge in [0.05, 0.1) is 10.3 Å². The normalized spacial score (nSPS) is 17.3. The van der Waals surface area contributed by atoms with E-state index in [1.165, 1.54) is 0 Å². The van der Waals surface area contributed by atoms with Gasteiger partial charge in [0.15, 0.2) is 5.82 Å².